The van der Waals surface area contributed by atoms with Crippen LogP contribution in [0.25, 0.3) is 11.1 Å². The summed E-state index contributed by atoms with van der Waals surface area (Å²) in [6.07, 6.45) is 1.83. The van der Waals surface area contributed by atoms with E-state index in [4.69, 9.17) is 0 Å². The molecule has 4 aromatic carbocycles. The average Bonchev–Trinajstić information content (AvgIpc) is 3.20. The lowest BCUT2D eigenvalue weighted by Crippen LogP contribution is -2.29. The molecule has 1 unspecified atom stereocenters. The lowest BCUT2D eigenvalue weighted by atomic mass is 9.82. The number of hydrogen-bond donors (Lipinski definition) is 1. The van der Waals surface area contributed by atoms with Gasteiger partial charge in [-0.2, -0.15) is 0 Å². The van der Waals surface area contributed by atoms with Crippen LogP contribution in [-0.2, 0) is 5.60 Å². The van der Waals surface area contributed by atoms with Crippen LogP contribution in [0.5, 0.6) is 0 Å². The van der Waals surface area contributed by atoms with Crippen LogP contribution in [0.1, 0.15) is 27.0 Å². The predicted molar refractivity (Wildman–Crippen MR) is 129 cm³/mol. The molecule has 0 radical (unpaired) electrons. The Morgan fingerprint density at radius 1 is 0.594 bits per heavy atom. The van der Waals surface area contributed by atoms with Crippen LogP contribution < -0.4 is 0 Å². The van der Waals surface area contributed by atoms with Gasteiger partial charge in [0.2, 0.25) is 0 Å². The van der Waals surface area contributed by atoms with Gasteiger partial charge in [-0.25, -0.2) is 0 Å². The zero-order valence-electron chi connectivity index (χ0n) is 17.5. The summed E-state index contributed by atoms with van der Waals surface area (Å²) in [5.74, 6) is -0.182. The molecule has 4 aromatic rings. The van der Waals surface area contributed by atoms with E-state index >= 15 is 0 Å². The van der Waals surface area contributed by atoms with Gasteiger partial charge in [-0.3, -0.25) is 4.79 Å². The Bertz CT molecular complexity index is 1300. The van der Waals surface area contributed by atoms with Crippen molar-refractivity contribution in [3.05, 3.63) is 155 Å². The molecule has 2 heteroatoms. The van der Waals surface area contributed by atoms with E-state index in [0.717, 1.165) is 22.3 Å². The quantitative estimate of drug-likeness (QED) is 0.389. The second-order valence-corrected chi connectivity index (χ2v) is 7.87. The standard InChI is InChI=1S/C30H22O2/c31-29(24-17-9-3-10-18-24)28-27(23-15-7-2-8-16-23)26(22-13-5-1-6-14-22)21-30(28,32)25-19-11-4-12-20-25/h1-21,32H. The summed E-state index contributed by atoms with van der Waals surface area (Å²) in [4.78, 5) is 13.9. The van der Waals surface area contributed by atoms with E-state index in [-0.39, 0.29) is 5.78 Å². The van der Waals surface area contributed by atoms with Crippen molar-refractivity contribution >= 4 is 16.9 Å². The molecule has 0 amide bonds. The highest BCUT2D eigenvalue weighted by atomic mass is 16.3. The second kappa shape index (κ2) is 8.26. The third kappa shape index (κ3) is 3.41. The van der Waals surface area contributed by atoms with E-state index in [0.29, 0.717) is 16.7 Å². The highest BCUT2D eigenvalue weighted by Gasteiger charge is 2.44. The number of rotatable bonds is 5. The number of carbonyl (C=O) groups is 1. The predicted octanol–water partition coefficient (Wildman–Crippen LogP) is 6.31. The highest BCUT2D eigenvalue weighted by Crippen LogP contribution is 2.50. The number of Topliss-reactive ketones (excluding diaryl/α,β-unsaturated/α-hetero) is 1. The first-order valence-corrected chi connectivity index (χ1v) is 10.6. The zero-order chi connectivity index (χ0) is 22.0. The Hall–Kier alpha value is -4.01. The van der Waals surface area contributed by atoms with Crippen LogP contribution in [0.4, 0.5) is 0 Å². The molecule has 1 aliphatic rings. The third-order valence-electron chi connectivity index (χ3n) is 5.88. The van der Waals surface area contributed by atoms with Crippen LogP contribution in [0.15, 0.2) is 133 Å². The second-order valence-electron chi connectivity index (χ2n) is 7.87. The van der Waals surface area contributed by atoms with Gasteiger partial charge < -0.3 is 5.11 Å². The van der Waals surface area contributed by atoms with E-state index in [1.807, 2.05) is 115 Å². The van der Waals surface area contributed by atoms with E-state index < -0.39 is 5.60 Å². The Morgan fingerprint density at radius 3 is 1.62 bits per heavy atom. The van der Waals surface area contributed by atoms with Gasteiger partial charge in [0, 0.05) is 16.7 Å². The van der Waals surface area contributed by atoms with Gasteiger partial charge in [0.1, 0.15) is 5.60 Å². The van der Waals surface area contributed by atoms with Gasteiger partial charge in [-0.15, -0.1) is 0 Å². The first-order chi connectivity index (χ1) is 15.7. The Kier molecular flexibility index (Phi) is 5.14. The summed E-state index contributed by atoms with van der Waals surface area (Å²) in [7, 11) is 0. The minimum atomic E-state index is -1.55. The van der Waals surface area contributed by atoms with Crippen LogP contribution in [0, 0.1) is 0 Å². The number of allylic oxidation sites excluding steroid dienone is 2. The van der Waals surface area contributed by atoms with Crippen molar-refractivity contribution < 1.29 is 9.90 Å². The maximum absolute atomic E-state index is 13.9. The van der Waals surface area contributed by atoms with Crippen molar-refractivity contribution in [2.45, 2.75) is 5.60 Å². The number of ketones is 1. The monoisotopic (exact) mass is 414 g/mol. The fourth-order valence-corrected chi connectivity index (χ4v) is 4.37. The largest absolute Gasteiger partial charge is 0.377 e. The van der Waals surface area contributed by atoms with Crippen molar-refractivity contribution in [1.82, 2.24) is 0 Å². The molecule has 1 N–H and O–H groups in total. The summed E-state index contributed by atoms with van der Waals surface area (Å²) in [5.41, 5.74) is 3.50. The van der Waals surface area contributed by atoms with Crippen LogP contribution in [-0.4, -0.2) is 10.9 Å². The minimum absolute atomic E-state index is 0.182. The van der Waals surface area contributed by atoms with E-state index in [1.54, 1.807) is 12.1 Å². The van der Waals surface area contributed by atoms with Gasteiger partial charge in [-0.05, 0) is 28.3 Å². The number of aliphatic hydroxyl groups is 1. The lowest BCUT2D eigenvalue weighted by Gasteiger charge is -2.25. The Morgan fingerprint density at radius 2 is 1.06 bits per heavy atom. The first kappa shape index (κ1) is 19.9. The molecule has 0 aromatic heterocycles. The number of carbonyl (C=O) groups excluding carboxylic acids is 1. The normalized spacial score (nSPS) is 17.8. The van der Waals surface area contributed by atoms with Crippen LogP contribution >= 0.6 is 0 Å². The number of hydrogen-bond acceptors (Lipinski definition) is 2. The maximum atomic E-state index is 13.9. The van der Waals surface area contributed by atoms with E-state index in [9.17, 15) is 9.90 Å². The fraction of sp³-hybridized carbons (Fsp3) is 0.0333. The average molecular weight is 415 g/mol. The SMILES string of the molecule is O=C(C1=C(c2ccccc2)C(c2ccccc2)=CC1(O)c1ccccc1)c1ccccc1. The van der Waals surface area contributed by atoms with Crippen molar-refractivity contribution in [3.8, 4) is 0 Å². The van der Waals surface area contributed by atoms with Crippen molar-refractivity contribution in [2.75, 3.05) is 0 Å². The van der Waals surface area contributed by atoms with Gasteiger partial charge in [-0.1, -0.05) is 121 Å². The molecule has 154 valence electrons. The van der Waals surface area contributed by atoms with Gasteiger partial charge in [0.25, 0.3) is 0 Å². The summed E-state index contributed by atoms with van der Waals surface area (Å²) in [6.45, 7) is 0. The third-order valence-corrected chi connectivity index (χ3v) is 5.88. The molecule has 2 nitrogen and oxygen atoms in total. The molecule has 0 bridgehead atoms. The number of benzene rings is 4. The summed E-state index contributed by atoms with van der Waals surface area (Å²) in [5, 5.41) is 12.2. The smallest absolute Gasteiger partial charge is 0.193 e. The molecule has 0 spiro atoms. The fourth-order valence-electron chi connectivity index (χ4n) is 4.37. The topological polar surface area (TPSA) is 37.3 Å². The van der Waals surface area contributed by atoms with Crippen molar-refractivity contribution in [3.63, 3.8) is 0 Å². The minimum Gasteiger partial charge on any atom is -0.377 e. The molecular weight excluding hydrogens is 392 g/mol. The molecule has 0 heterocycles. The molecule has 1 aliphatic carbocycles. The zero-order valence-corrected chi connectivity index (χ0v) is 17.5. The highest BCUT2D eigenvalue weighted by molar-refractivity contribution is 6.24. The molecule has 1 atom stereocenters. The van der Waals surface area contributed by atoms with E-state index in [1.165, 1.54) is 0 Å². The van der Waals surface area contributed by atoms with Crippen LogP contribution in [0.3, 0.4) is 0 Å². The molecular formula is C30H22O2. The first-order valence-electron chi connectivity index (χ1n) is 10.6. The molecule has 0 aliphatic heterocycles. The molecule has 32 heavy (non-hydrogen) atoms. The molecule has 0 saturated heterocycles. The molecule has 0 fully saturated rings. The molecule has 5 rings (SSSR count). The van der Waals surface area contributed by atoms with Gasteiger partial charge >= 0.3 is 0 Å². The van der Waals surface area contributed by atoms with Gasteiger partial charge in [0.05, 0.1) is 0 Å². The summed E-state index contributed by atoms with van der Waals surface area (Å²) in [6, 6.07) is 38.3. The molecule has 0 saturated carbocycles. The Balaban J connectivity index is 1.84. The summed E-state index contributed by atoms with van der Waals surface area (Å²) >= 11 is 0. The van der Waals surface area contributed by atoms with E-state index in [2.05, 4.69) is 0 Å². The maximum Gasteiger partial charge on any atom is 0.193 e. The van der Waals surface area contributed by atoms with Crippen molar-refractivity contribution in [2.24, 2.45) is 0 Å². The van der Waals surface area contributed by atoms with Crippen LogP contribution in [0.2, 0.25) is 0 Å². The van der Waals surface area contributed by atoms with Gasteiger partial charge in [0.15, 0.2) is 5.78 Å². The summed E-state index contributed by atoms with van der Waals surface area (Å²) < 4.78 is 0. The Labute approximate surface area is 187 Å². The van der Waals surface area contributed by atoms with Crippen molar-refractivity contribution in [1.29, 1.82) is 0 Å². The lowest BCUT2D eigenvalue weighted by molar-refractivity contribution is 0.0904.